The maximum absolute atomic E-state index is 13.0. The molecule has 1 heterocycles. The Kier molecular flexibility index (Phi) is 2.41. The molecule has 15 heavy (non-hydrogen) atoms. The van der Waals surface area contributed by atoms with Gasteiger partial charge in [-0.15, -0.1) is 0 Å². The summed E-state index contributed by atoms with van der Waals surface area (Å²) in [6.45, 7) is 1.94. The van der Waals surface area contributed by atoms with E-state index in [1.165, 1.54) is 16.7 Å². The Morgan fingerprint density at radius 2 is 2.27 bits per heavy atom. The molecule has 2 rings (SSSR count). The lowest BCUT2D eigenvalue weighted by atomic mass is 10.3. The molecule has 78 valence electrons. The average molecular weight is 206 g/mol. The van der Waals surface area contributed by atoms with Gasteiger partial charge in [-0.3, -0.25) is 4.57 Å². The summed E-state index contributed by atoms with van der Waals surface area (Å²) in [5.41, 5.74) is 1.15. The van der Waals surface area contributed by atoms with E-state index in [9.17, 15) is 9.18 Å². The molecule has 0 radical (unpaired) electrons. The Labute approximate surface area is 86.2 Å². The molecule has 0 amide bonds. The Morgan fingerprint density at radius 3 is 2.93 bits per heavy atom. The summed E-state index contributed by atoms with van der Waals surface area (Å²) in [6.07, 6.45) is 2.36. The molecule has 0 aliphatic heterocycles. The van der Waals surface area contributed by atoms with E-state index in [2.05, 4.69) is 4.98 Å². The van der Waals surface area contributed by atoms with Crippen LogP contribution in [0, 0.1) is 5.82 Å². The normalized spacial score (nSPS) is 10.5. The van der Waals surface area contributed by atoms with Gasteiger partial charge in [0.2, 0.25) is 0 Å². The van der Waals surface area contributed by atoms with Crippen LogP contribution < -0.4 is 5.69 Å². The van der Waals surface area contributed by atoms with Gasteiger partial charge in [0.1, 0.15) is 5.82 Å². The van der Waals surface area contributed by atoms with E-state index >= 15 is 0 Å². The van der Waals surface area contributed by atoms with Gasteiger partial charge in [-0.2, -0.15) is 0 Å². The highest BCUT2D eigenvalue weighted by atomic mass is 19.1. The molecule has 0 saturated carbocycles. The molecule has 0 fully saturated rings. The van der Waals surface area contributed by atoms with Crippen LogP contribution in [-0.4, -0.2) is 9.55 Å². The third-order valence-corrected chi connectivity index (χ3v) is 2.28. The van der Waals surface area contributed by atoms with Crippen LogP contribution in [0.3, 0.4) is 0 Å². The van der Waals surface area contributed by atoms with Gasteiger partial charge < -0.3 is 4.98 Å². The number of aromatic amines is 1. The topological polar surface area (TPSA) is 37.8 Å². The predicted octanol–water partition coefficient (Wildman–Crippen LogP) is 1.87. The van der Waals surface area contributed by atoms with Crippen molar-refractivity contribution < 1.29 is 4.39 Å². The fraction of sp³-hybridized carbons (Fsp3) is 0.182. The monoisotopic (exact) mass is 206 g/mol. The maximum atomic E-state index is 13.0. The average Bonchev–Trinajstić information content (AvgIpc) is 2.59. The van der Waals surface area contributed by atoms with Gasteiger partial charge in [-0.25, -0.2) is 9.18 Å². The van der Waals surface area contributed by atoms with Crippen LogP contribution in [0.2, 0.25) is 0 Å². The highest BCUT2D eigenvalue weighted by Crippen LogP contribution is 2.10. The second-order valence-corrected chi connectivity index (χ2v) is 3.25. The van der Waals surface area contributed by atoms with E-state index < -0.39 is 0 Å². The molecule has 0 bridgehead atoms. The van der Waals surface area contributed by atoms with E-state index in [1.54, 1.807) is 18.3 Å². The first-order chi connectivity index (χ1) is 7.22. The second kappa shape index (κ2) is 3.73. The van der Waals surface area contributed by atoms with Crippen molar-refractivity contribution in [1.82, 2.24) is 9.55 Å². The quantitative estimate of drug-likeness (QED) is 0.800. The van der Waals surface area contributed by atoms with Crippen molar-refractivity contribution in [2.45, 2.75) is 13.3 Å². The molecule has 0 aliphatic rings. The third-order valence-electron chi connectivity index (χ3n) is 2.28. The van der Waals surface area contributed by atoms with Crippen molar-refractivity contribution in [3.05, 3.63) is 52.5 Å². The molecular weight excluding hydrogens is 195 g/mol. The summed E-state index contributed by atoms with van der Waals surface area (Å²) < 4.78 is 14.5. The van der Waals surface area contributed by atoms with Gasteiger partial charge in [0.05, 0.1) is 5.69 Å². The van der Waals surface area contributed by atoms with Gasteiger partial charge in [0.25, 0.3) is 0 Å². The minimum Gasteiger partial charge on any atom is -0.312 e. The van der Waals surface area contributed by atoms with Crippen LogP contribution >= 0.6 is 0 Å². The molecule has 1 N–H and O–H groups in total. The Bertz CT molecular complexity index is 527. The third kappa shape index (κ3) is 1.70. The number of aryl methyl sites for hydroxylation is 1. The van der Waals surface area contributed by atoms with Crippen LogP contribution in [0.25, 0.3) is 5.69 Å². The van der Waals surface area contributed by atoms with Crippen LogP contribution in [0.1, 0.15) is 12.6 Å². The highest BCUT2D eigenvalue weighted by molar-refractivity contribution is 5.33. The number of H-pyrrole nitrogens is 1. The molecule has 0 aliphatic carbocycles. The second-order valence-electron chi connectivity index (χ2n) is 3.25. The summed E-state index contributed by atoms with van der Waals surface area (Å²) >= 11 is 0. The molecule has 1 aromatic carbocycles. The summed E-state index contributed by atoms with van der Waals surface area (Å²) in [4.78, 5) is 14.1. The number of nitrogens with zero attached hydrogens (tertiary/aromatic N) is 1. The first kappa shape index (κ1) is 9.71. The zero-order chi connectivity index (χ0) is 10.8. The molecule has 3 nitrogen and oxygen atoms in total. The SMILES string of the molecule is CCc1c[nH]c(=O)n1-c1cccc(F)c1. The number of imidazole rings is 1. The van der Waals surface area contributed by atoms with Crippen molar-refractivity contribution >= 4 is 0 Å². The standard InChI is InChI=1S/C11H11FN2O/c1-2-9-7-13-11(15)14(9)10-5-3-4-8(12)6-10/h3-7H,2H2,1H3,(H,13,15). The van der Waals surface area contributed by atoms with Gasteiger partial charge in [0, 0.05) is 11.9 Å². The number of aromatic nitrogens is 2. The zero-order valence-electron chi connectivity index (χ0n) is 8.33. The molecule has 1 aromatic heterocycles. The number of benzene rings is 1. The van der Waals surface area contributed by atoms with Crippen molar-refractivity contribution in [2.24, 2.45) is 0 Å². The van der Waals surface area contributed by atoms with Crippen molar-refractivity contribution in [2.75, 3.05) is 0 Å². The summed E-state index contributed by atoms with van der Waals surface area (Å²) in [6, 6.07) is 5.99. The lowest BCUT2D eigenvalue weighted by Gasteiger charge is -2.04. The number of halogens is 1. The lowest BCUT2D eigenvalue weighted by molar-refractivity contribution is 0.626. The van der Waals surface area contributed by atoms with Crippen LogP contribution in [0.4, 0.5) is 4.39 Å². The summed E-state index contributed by atoms with van der Waals surface area (Å²) in [5, 5.41) is 0. The fourth-order valence-electron chi connectivity index (χ4n) is 1.56. The molecule has 0 saturated heterocycles. The van der Waals surface area contributed by atoms with Gasteiger partial charge in [0.15, 0.2) is 0 Å². The maximum Gasteiger partial charge on any atom is 0.330 e. The van der Waals surface area contributed by atoms with E-state index in [1.807, 2.05) is 6.92 Å². The first-order valence-corrected chi connectivity index (χ1v) is 4.77. The number of hydrogen-bond donors (Lipinski definition) is 1. The van der Waals surface area contributed by atoms with E-state index in [4.69, 9.17) is 0 Å². The number of hydrogen-bond acceptors (Lipinski definition) is 1. The fourth-order valence-corrected chi connectivity index (χ4v) is 1.56. The smallest absolute Gasteiger partial charge is 0.312 e. The predicted molar refractivity (Wildman–Crippen MR) is 55.7 cm³/mol. The van der Waals surface area contributed by atoms with Crippen molar-refractivity contribution in [1.29, 1.82) is 0 Å². The Morgan fingerprint density at radius 1 is 1.47 bits per heavy atom. The first-order valence-electron chi connectivity index (χ1n) is 4.77. The van der Waals surface area contributed by atoms with Gasteiger partial charge in [-0.1, -0.05) is 13.0 Å². The van der Waals surface area contributed by atoms with E-state index in [-0.39, 0.29) is 11.5 Å². The van der Waals surface area contributed by atoms with Crippen LogP contribution in [-0.2, 0) is 6.42 Å². The zero-order valence-corrected chi connectivity index (χ0v) is 8.33. The molecule has 0 unspecified atom stereocenters. The Hall–Kier alpha value is -1.84. The van der Waals surface area contributed by atoms with Crippen molar-refractivity contribution in [3.63, 3.8) is 0 Å². The minimum absolute atomic E-state index is 0.238. The lowest BCUT2D eigenvalue weighted by Crippen LogP contribution is -2.16. The Balaban J connectivity index is 2.62. The molecule has 0 spiro atoms. The largest absolute Gasteiger partial charge is 0.330 e. The van der Waals surface area contributed by atoms with Crippen LogP contribution in [0.5, 0.6) is 0 Å². The van der Waals surface area contributed by atoms with Crippen molar-refractivity contribution in [3.8, 4) is 5.69 Å². The van der Waals surface area contributed by atoms with Gasteiger partial charge >= 0.3 is 5.69 Å². The summed E-state index contributed by atoms with van der Waals surface area (Å²) in [7, 11) is 0. The van der Waals surface area contributed by atoms with Crippen LogP contribution in [0.15, 0.2) is 35.3 Å². The molecular formula is C11H11FN2O. The number of rotatable bonds is 2. The summed E-state index contributed by atoms with van der Waals surface area (Å²) in [5.74, 6) is -0.345. The number of nitrogens with one attached hydrogen (secondary N) is 1. The molecule has 0 atom stereocenters. The molecule has 2 aromatic rings. The minimum atomic E-state index is -0.345. The van der Waals surface area contributed by atoms with E-state index in [0.29, 0.717) is 5.69 Å². The molecule has 4 heteroatoms. The van der Waals surface area contributed by atoms with Gasteiger partial charge in [-0.05, 0) is 24.6 Å². The van der Waals surface area contributed by atoms with E-state index in [0.717, 1.165) is 12.1 Å². The highest BCUT2D eigenvalue weighted by Gasteiger charge is 2.06.